The molecule has 3 nitrogen and oxygen atoms in total. The Bertz CT molecular complexity index is 502. The van der Waals surface area contributed by atoms with E-state index in [9.17, 15) is 13.2 Å². The zero-order valence-corrected chi connectivity index (χ0v) is 7.99. The summed E-state index contributed by atoms with van der Waals surface area (Å²) in [6.07, 6.45) is 1.28. The van der Waals surface area contributed by atoms with Crippen LogP contribution in [0, 0.1) is 17.5 Å². The second kappa shape index (κ2) is 3.97. The highest BCUT2D eigenvalue weighted by atomic mass is 19.1. The summed E-state index contributed by atoms with van der Waals surface area (Å²) in [6, 6.07) is 2.54. The van der Waals surface area contributed by atoms with Crippen molar-refractivity contribution in [3.05, 3.63) is 47.5 Å². The normalized spacial score (nSPS) is 10.8. The molecule has 6 heteroatoms. The van der Waals surface area contributed by atoms with E-state index >= 15 is 0 Å². The molecular formula is C10H7F3N2O. The van der Waals surface area contributed by atoms with Gasteiger partial charge in [-0.2, -0.15) is 5.10 Å². The van der Waals surface area contributed by atoms with Crippen LogP contribution in [-0.4, -0.2) is 14.9 Å². The minimum atomic E-state index is -1.05. The van der Waals surface area contributed by atoms with Gasteiger partial charge in [0.1, 0.15) is 11.5 Å². The summed E-state index contributed by atoms with van der Waals surface area (Å²) >= 11 is 0. The fraction of sp³-hybridized carbons (Fsp3) is 0.100. The summed E-state index contributed by atoms with van der Waals surface area (Å²) in [7, 11) is 0. The Balaban J connectivity index is 2.55. The van der Waals surface area contributed by atoms with E-state index in [1.807, 2.05) is 0 Å². The number of aliphatic hydroxyl groups is 1. The lowest BCUT2D eigenvalue weighted by Crippen LogP contribution is -2.03. The van der Waals surface area contributed by atoms with Crippen molar-refractivity contribution in [1.82, 2.24) is 9.78 Å². The molecule has 0 saturated carbocycles. The Labute approximate surface area is 88.8 Å². The third kappa shape index (κ3) is 1.79. The number of aromatic nitrogens is 2. The van der Waals surface area contributed by atoms with Crippen molar-refractivity contribution in [3.63, 3.8) is 0 Å². The van der Waals surface area contributed by atoms with Gasteiger partial charge in [0.05, 0.1) is 12.3 Å². The van der Waals surface area contributed by atoms with Crippen LogP contribution in [0.4, 0.5) is 13.2 Å². The van der Waals surface area contributed by atoms with Gasteiger partial charge in [0.15, 0.2) is 11.6 Å². The van der Waals surface area contributed by atoms with Gasteiger partial charge in [-0.25, -0.2) is 17.9 Å². The molecule has 2 aromatic rings. The summed E-state index contributed by atoms with van der Waals surface area (Å²) in [5.74, 6) is -3.09. The third-order valence-electron chi connectivity index (χ3n) is 2.02. The van der Waals surface area contributed by atoms with Crippen molar-refractivity contribution < 1.29 is 18.3 Å². The summed E-state index contributed by atoms with van der Waals surface area (Å²) in [4.78, 5) is 0. The summed E-state index contributed by atoms with van der Waals surface area (Å²) < 4.78 is 40.2. The first-order valence-electron chi connectivity index (χ1n) is 4.42. The maximum absolute atomic E-state index is 13.3. The number of benzene rings is 1. The van der Waals surface area contributed by atoms with Gasteiger partial charge in [-0.3, -0.25) is 0 Å². The first kappa shape index (κ1) is 10.7. The van der Waals surface area contributed by atoms with E-state index in [1.54, 1.807) is 0 Å². The van der Waals surface area contributed by atoms with Gasteiger partial charge in [0, 0.05) is 18.3 Å². The molecule has 0 saturated heterocycles. The van der Waals surface area contributed by atoms with Crippen LogP contribution in [0.3, 0.4) is 0 Å². The number of hydrogen-bond acceptors (Lipinski definition) is 2. The zero-order chi connectivity index (χ0) is 11.7. The minimum Gasteiger partial charge on any atom is -0.390 e. The third-order valence-corrected chi connectivity index (χ3v) is 2.02. The summed E-state index contributed by atoms with van der Waals surface area (Å²) in [5, 5.41) is 12.5. The van der Waals surface area contributed by atoms with Crippen molar-refractivity contribution in [1.29, 1.82) is 0 Å². The quantitative estimate of drug-likeness (QED) is 0.850. The Kier molecular flexibility index (Phi) is 2.66. The second-order valence-corrected chi connectivity index (χ2v) is 3.13. The monoisotopic (exact) mass is 228 g/mol. The maximum atomic E-state index is 13.3. The highest BCUT2D eigenvalue weighted by Crippen LogP contribution is 2.18. The van der Waals surface area contributed by atoms with Gasteiger partial charge in [0.2, 0.25) is 0 Å². The van der Waals surface area contributed by atoms with Gasteiger partial charge < -0.3 is 5.11 Å². The molecule has 0 fully saturated rings. The minimum absolute atomic E-state index is 0.267. The van der Waals surface area contributed by atoms with E-state index in [2.05, 4.69) is 5.10 Å². The molecule has 0 bridgehead atoms. The molecule has 84 valence electrons. The van der Waals surface area contributed by atoms with Gasteiger partial charge in [-0.15, -0.1) is 0 Å². The fourth-order valence-corrected chi connectivity index (χ4v) is 1.32. The molecule has 0 radical (unpaired) electrons. The lowest BCUT2D eigenvalue weighted by molar-refractivity contribution is 0.276. The maximum Gasteiger partial charge on any atom is 0.154 e. The Hall–Kier alpha value is -1.82. The van der Waals surface area contributed by atoms with Crippen LogP contribution in [0.25, 0.3) is 5.69 Å². The molecule has 0 aliphatic rings. The molecule has 1 aromatic carbocycles. The predicted octanol–water partition coefficient (Wildman–Crippen LogP) is 1.78. The van der Waals surface area contributed by atoms with E-state index in [0.29, 0.717) is 12.1 Å². The molecule has 16 heavy (non-hydrogen) atoms. The fourth-order valence-electron chi connectivity index (χ4n) is 1.32. The van der Waals surface area contributed by atoms with Gasteiger partial charge in [0.25, 0.3) is 0 Å². The molecule has 2 rings (SSSR count). The summed E-state index contributed by atoms with van der Waals surface area (Å²) in [5.41, 5.74) is -0.204. The number of hydrogen-bond donors (Lipinski definition) is 1. The molecule has 0 unspecified atom stereocenters. The van der Waals surface area contributed by atoms with Crippen LogP contribution in [0.5, 0.6) is 0 Å². The average Bonchev–Trinajstić information content (AvgIpc) is 2.64. The number of nitrogens with zero attached hydrogens (tertiary/aromatic N) is 2. The predicted molar refractivity (Wildman–Crippen MR) is 49.4 cm³/mol. The Morgan fingerprint density at radius 2 is 1.81 bits per heavy atom. The molecule has 0 amide bonds. The SMILES string of the molecule is OCc1ccn(-c2c(F)cc(F)cc2F)n1. The van der Waals surface area contributed by atoms with Crippen LogP contribution >= 0.6 is 0 Å². The van der Waals surface area contributed by atoms with Crippen molar-refractivity contribution in [2.75, 3.05) is 0 Å². The lowest BCUT2D eigenvalue weighted by Gasteiger charge is -2.04. The standard InChI is InChI=1S/C10H7F3N2O/c11-6-3-8(12)10(9(13)4-6)15-2-1-7(5-16)14-15/h1-4,16H,5H2. The van der Waals surface area contributed by atoms with Crippen molar-refractivity contribution in [3.8, 4) is 5.69 Å². The molecule has 1 N–H and O–H groups in total. The molecule has 1 heterocycles. The highest BCUT2D eigenvalue weighted by molar-refractivity contribution is 5.35. The molecule has 0 atom stereocenters. The number of rotatable bonds is 2. The van der Waals surface area contributed by atoms with Crippen LogP contribution in [0.15, 0.2) is 24.4 Å². The molecular weight excluding hydrogens is 221 g/mol. The first-order valence-corrected chi connectivity index (χ1v) is 4.42. The van der Waals surface area contributed by atoms with E-state index in [-0.39, 0.29) is 12.3 Å². The van der Waals surface area contributed by atoms with Crippen molar-refractivity contribution in [2.24, 2.45) is 0 Å². The van der Waals surface area contributed by atoms with E-state index in [4.69, 9.17) is 5.11 Å². The van der Waals surface area contributed by atoms with Gasteiger partial charge in [-0.1, -0.05) is 0 Å². The van der Waals surface area contributed by atoms with Crippen molar-refractivity contribution in [2.45, 2.75) is 6.61 Å². The topological polar surface area (TPSA) is 38.0 Å². The number of halogens is 3. The molecule has 0 aliphatic carbocycles. The number of aliphatic hydroxyl groups excluding tert-OH is 1. The van der Waals surface area contributed by atoms with Crippen LogP contribution in [0.1, 0.15) is 5.69 Å². The second-order valence-electron chi connectivity index (χ2n) is 3.13. The van der Waals surface area contributed by atoms with E-state index < -0.39 is 23.1 Å². The van der Waals surface area contributed by atoms with Gasteiger partial charge >= 0.3 is 0 Å². The lowest BCUT2D eigenvalue weighted by atomic mass is 10.3. The Morgan fingerprint density at radius 1 is 1.19 bits per heavy atom. The Morgan fingerprint density at radius 3 is 2.31 bits per heavy atom. The van der Waals surface area contributed by atoms with Crippen LogP contribution in [-0.2, 0) is 6.61 Å². The van der Waals surface area contributed by atoms with Gasteiger partial charge in [-0.05, 0) is 6.07 Å². The highest BCUT2D eigenvalue weighted by Gasteiger charge is 2.14. The average molecular weight is 228 g/mol. The van der Waals surface area contributed by atoms with Crippen LogP contribution in [0.2, 0.25) is 0 Å². The summed E-state index contributed by atoms with van der Waals surface area (Å²) in [6.45, 7) is -0.336. The molecule has 1 aromatic heterocycles. The first-order chi connectivity index (χ1) is 7.61. The van der Waals surface area contributed by atoms with Crippen LogP contribution < -0.4 is 0 Å². The largest absolute Gasteiger partial charge is 0.390 e. The van der Waals surface area contributed by atoms with E-state index in [0.717, 1.165) is 4.68 Å². The molecule has 0 spiro atoms. The van der Waals surface area contributed by atoms with Crippen molar-refractivity contribution >= 4 is 0 Å². The smallest absolute Gasteiger partial charge is 0.154 e. The molecule has 0 aliphatic heterocycles. The zero-order valence-electron chi connectivity index (χ0n) is 7.99. The van der Waals surface area contributed by atoms with E-state index in [1.165, 1.54) is 12.3 Å².